The minimum Gasteiger partial charge on any atom is -0.496 e. The van der Waals surface area contributed by atoms with E-state index in [0.717, 1.165) is 17.8 Å². The largest absolute Gasteiger partial charge is 0.496 e. The zero-order chi connectivity index (χ0) is 18.5. The van der Waals surface area contributed by atoms with Crippen molar-refractivity contribution in [1.82, 2.24) is 9.97 Å². The molecule has 130 valence electrons. The van der Waals surface area contributed by atoms with Crippen molar-refractivity contribution in [3.05, 3.63) is 77.1 Å². The normalized spacial score (nSPS) is 10.4. The molecule has 5 heteroatoms. The van der Waals surface area contributed by atoms with E-state index in [0.29, 0.717) is 34.4 Å². The van der Waals surface area contributed by atoms with Gasteiger partial charge < -0.3 is 4.74 Å². The second-order valence-electron chi connectivity index (χ2n) is 5.85. The summed E-state index contributed by atoms with van der Waals surface area (Å²) in [5, 5.41) is 9.11. The van der Waals surface area contributed by atoms with E-state index < -0.39 is 0 Å². The number of aromatic nitrogens is 2. The summed E-state index contributed by atoms with van der Waals surface area (Å²) in [6.45, 7) is 1.99. The van der Waals surface area contributed by atoms with Crippen molar-refractivity contribution in [2.45, 2.75) is 19.8 Å². The van der Waals surface area contributed by atoms with Crippen molar-refractivity contribution >= 4 is 0 Å². The van der Waals surface area contributed by atoms with Crippen molar-refractivity contribution in [3.63, 3.8) is 0 Å². The Labute approximate surface area is 151 Å². The molecule has 0 saturated carbocycles. The molecule has 4 nitrogen and oxygen atoms in total. The molecule has 0 saturated heterocycles. The Bertz CT molecular complexity index is 962. The predicted molar refractivity (Wildman–Crippen MR) is 97.3 cm³/mol. The molecule has 0 fully saturated rings. The first-order valence-electron chi connectivity index (χ1n) is 8.32. The van der Waals surface area contributed by atoms with Crippen LogP contribution in [-0.4, -0.2) is 17.1 Å². The number of methoxy groups -OCH3 is 1. The molecule has 3 aromatic rings. The maximum Gasteiger partial charge on any atom is 0.138 e. The highest BCUT2D eigenvalue weighted by Crippen LogP contribution is 2.35. The minimum absolute atomic E-state index is 0.355. The van der Waals surface area contributed by atoms with Gasteiger partial charge in [-0.15, -0.1) is 0 Å². The van der Waals surface area contributed by atoms with E-state index in [1.54, 1.807) is 48.8 Å². The SMILES string of the molecule is CCc1ncc(Cc2ccc(OC)c(-c3cccc(C#N)c3)c2F)cn1. The van der Waals surface area contributed by atoms with Crippen molar-refractivity contribution in [2.75, 3.05) is 7.11 Å². The van der Waals surface area contributed by atoms with Crippen LogP contribution in [0.1, 0.15) is 29.4 Å². The molecule has 3 rings (SSSR count). The molecule has 1 heterocycles. The molecule has 0 atom stereocenters. The van der Waals surface area contributed by atoms with Gasteiger partial charge in [-0.25, -0.2) is 14.4 Å². The molecule has 1 aromatic heterocycles. The van der Waals surface area contributed by atoms with Crippen LogP contribution in [0.3, 0.4) is 0 Å². The fourth-order valence-electron chi connectivity index (χ4n) is 2.80. The summed E-state index contributed by atoms with van der Waals surface area (Å²) in [5.41, 5.74) is 2.79. The summed E-state index contributed by atoms with van der Waals surface area (Å²) in [7, 11) is 1.50. The molecule has 0 spiro atoms. The predicted octanol–water partition coefficient (Wildman–Crippen LogP) is 4.32. The summed E-state index contributed by atoms with van der Waals surface area (Å²) in [6.07, 6.45) is 4.60. The highest BCUT2D eigenvalue weighted by atomic mass is 19.1. The molecule has 0 unspecified atom stereocenters. The maximum absolute atomic E-state index is 15.3. The van der Waals surface area contributed by atoms with Crippen LogP contribution < -0.4 is 4.74 Å². The van der Waals surface area contributed by atoms with Gasteiger partial charge in [0.2, 0.25) is 0 Å². The summed E-state index contributed by atoms with van der Waals surface area (Å²) < 4.78 is 20.6. The van der Waals surface area contributed by atoms with E-state index in [1.165, 1.54) is 7.11 Å². The number of halogens is 1. The third-order valence-corrected chi connectivity index (χ3v) is 4.15. The van der Waals surface area contributed by atoms with E-state index in [1.807, 2.05) is 6.92 Å². The lowest BCUT2D eigenvalue weighted by Gasteiger charge is -2.13. The Kier molecular flexibility index (Phi) is 5.23. The first-order valence-corrected chi connectivity index (χ1v) is 8.32. The van der Waals surface area contributed by atoms with Gasteiger partial charge in [0.25, 0.3) is 0 Å². The van der Waals surface area contributed by atoms with Gasteiger partial charge in [-0.2, -0.15) is 5.26 Å². The van der Waals surface area contributed by atoms with Crippen LogP contribution in [0.25, 0.3) is 11.1 Å². The molecular weight excluding hydrogens is 329 g/mol. The first-order chi connectivity index (χ1) is 12.7. The van der Waals surface area contributed by atoms with E-state index in [2.05, 4.69) is 16.0 Å². The Balaban J connectivity index is 2.04. The van der Waals surface area contributed by atoms with Crippen molar-refractivity contribution in [2.24, 2.45) is 0 Å². The number of ether oxygens (including phenoxy) is 1. The third kappa shape index (κ3) is 3.55. The second-order valence-corrected chi connectivity index (χ2v) is 5.85. The number of hydrogen-bond donors (Lipinski definition) is 0. The zero-order valence-electron chi connectivity index (χ0n) is 14.7. The van der Waals surface area contributed by atoms with Crippen LogP contribution in [0.15, 0.2) is 48.8 Å². The minimum atomic E-state index is -0.362. The van der Waals surface area contributed by atoms with Gasteiger partial charge in [-0.3, -0.25) is 0 Å². The molecule has 2 aromatic carbocycles. The molecule has 26 heavy (non-hydrogen) atoms. The zero-order valence-corrected chi connectivity index (χ0v) is 14.7. The lowest BCUT2D eigenvalue weighted by Crippen LogP contribution is -2.01. The van der Waals surface area contributed by atoms with Crippen LogP contribution in [-0.2, 0) is 12.8 Å². The molecule has 0 bridgehead atoms. The smallest absolute Gasteiger partial charge is 0.138 e. The van der Waals surface area contributed by atoms with Gasteiger partial charge in [0.15, 0.2) is 0 Å². The lowest BCUT2D eigenvalue weighted by atomic mass is 9.97. The second kappa shape index (κ2) is 7.75. The molecular formula is C21H18FN3O. The van der Waals surface area contributed by atoms with Crippen molar-refractivity contribution in [1.29, 1.82) is 5.26 Å². The summed E-state index contributed by atoms with van der Waals surface area (Å²) >= 11 is 0. The Hall–Kier alpha value is -3.26. The van der Waals surface area contributed by atoms with Crippen molar-refractivity contribution < 1.29 is 9.13 Å². The topological polar surface area (TPSA) is 58.8 Å². The highest BCUT2D eigenvalue weighted by molar-refractivity contribution is 5.73. The van der Waals surface area contributed by atoms with Gasteiger partial charge >= 0.3 is 0 Å². The average Bonchev–Trinajstić information content (AvgIpc) is 2.69. The number of aryl methyl sites for hydroxylation is 1. The summed E-state index contributed by atoms with van der Waals surface area (Å²) in [6, 6.07) is 12.4. The molecule has 0 amide bonds. The molecule has 0 aliphatic rings. The first kappa shape index (κ1) is 17.6. The van der Waals surface area contributed by atoms with Crippen LogP contribution in [0.5, 0.6) is 5.75 Å². The molecule has 0 radical (unpaired) electrons. The fraction of sp³-hybridized carbons (Fsp3) is 0.190. The number of nitrogens with zero attached hydrogens (tertiary/aromatic N) is 3. The summed E-state index contributed by atoms with van der Waals surface area (Å²) in [5.74, 6) is 0.830. The van der Waals surface area contributed by atoms with Crippen LogP contribution in [0, 0.1) is 17.1 Å². The van der Waals surface area contributed by atoms with E-state index >= 15 is 4.39 Å². The van der Waals surface area contributed by atoms with Crippen LogP contribution >= 0.6 is 0 Å². The summed E-state index contributed by atoms with van der Waals surface area (Å²) in [4.78, 5) is 8.53. The molecule has 0 aliphatic heterocycles. The van der Waals surface area contributed by atoms with E-state index in [-0.39, 0.29) is 5.82 Å². The van der Waals surface area contributed by atoms with E-state index in [4.69, 9.17) is 10.00 Å². The lowest BCUT2D eigenvalue weighted by molar-refractivity contribution is 0.413. The maximum atomic E-state index is 15.3. The van der Waals surface area contributed by atoms with Gasteiger partial charge in [0, 0.05) is 25.2 Å². The van der Waals surface area contributed by atoms with Gasteiger partial charge in [0.1, 0.15) is 17.4 Å². The number of benzene rings is 2. The number of rotatable bonds is 5. The number of nitriles is 1. The Morgan fingerprint density at radius 1 is 1.15 bits per heavy atom. The Morgan fingerprint density at radius 3 is 2.58 bits per heavy atom. The highest BCUT2D eigenvalue weighted by Gasteiger charge is 2.17. The molecule has 0 N–H and O–H groups in total. The monoisotopic (exact) mass is 347 g/mol. The average molecular weight is 347 g/mol. The third-order valence-electron chi connectivity index (χ3n) is 4.15. The fourth-order valence-corrected chi connectivity index (χ4v) is 2.80. The van der Waals surface area contributed by atoms with Crippen LogP contribution in [0.4, 0.5) is 4.39 Å². The Morgan fingerprint density at radius 2 is 1.92 bits per heavy atom. The van der Waals surface area contributed by atoms with Gasteiger partial charge in [0.05, 0.1) is 24.3 Å². The standard InChI is InChI=1S/C21H18FN3O/c1-3-19-24-12-15(13-25-19)10-17-7-8-18(26-2)20(21(17)22)16-6-4-5-14(9-16)11-23/h4-9,12-13H,3,10H2,1-2H3. The quantitative estimate of drug-likeness (QED) is 0.690. The number of hydrogen-bond acceptors (Lipinski definition) is 4. The van der Waals surface area contributed by atoms with E-state index in [9.17, 15) is 0 Å². The van der Waals surface area contributed by atoms with Crippen LogP contribution in [0.2, 0.25) is 0 Å². The van der Waals surface area contributed by atoms with Gasteiger partial charge in [-0.1, -0.05) is 25.1 Å². The van der Waals surface area contributed by atoms with Gasteiger partial charge in [-0.05, 0) is 34.9 Å². The van der Waals surface area contributed by atoms with Crippen molar-refractivity contribution in [3.8, 4) is 22.9 Å². The molecule has 0 aliphatic carbocycles.